The number of aliphatic hydroxyl groups is 1. The first-order valence-electron chi connectivity index (χ1n) is 15.2. The average Bonchev–Trinajstić information content (AvgIpc) is 2.79. The number of nitrogens with zero attached hydrogens (tertiary/aromatic N) is 1. The molecule has 0 saturated heterocycles. The molecular weight excluding hydrogens is 422 g/mol. The first-order chi connectivity index (χ1) is 16.7. The lowest BCUT2D eigenvalue weighted by Crippen LogP contribution is -2.42. The zero-order valence-electron chi connectivity index (χ0n) is 23.0. The van der Waals surface area contributed by atoms with Gasteiger partial charge in [-0.15, -0.1) is 0 Å². The number of esters is 1. The van der Waals surface area contributed by atoms with Crippen molar-refractivity contribution >= 4 is 5.97 Å². The molecule has 0 aliphatic heterocycles. The highest BCUT2D eigenvalue weighted by atomic mass is 16.5. The van der Waals surface area contributed by atoms with Crippen LogP contribution in [0.2, 0.25) is 0 Å². The Bertz CT molecular complexity index is 436. The molecule has 1 saturated carbocycles. The minimum atomic E-state index is 0.0262. The summed E-state index contributed by atoms with van der Waals surface area (Å²) in [5, 5.41) is 9.28. The molecule has 1 fully saturated rings. The first-order valence-corrected chi connectivity index (χ1v) is 15.2. The summed E-state index contributed by atoms with van der Waals surface area (Å²) in [7, 11) is 0. The van der Waals surface area contributed by atoms with Crippen molar-refractivity contribution in [2.75, 3.05) is 26.3 Å². The van der Waals surface area contributed by atoms with Gasteiger partial charge in [0.05, 0.1) is 13.2 Å². The van der Waals surface area contributed by atoms with E-state index in [1.807, 2.05) is 0 Å². The predicted molar refractivity (Wildman–Crippen MR) is 145 cm³/mol. The van der Waals surface area contributed by atoms with Crippen molar-refractivity contribution in [3.05, 3.63) is 0 Å². The molecule has 4 heteroatoms. The van der Waals surface area contributed by atoms with Gasteiger partial charge in [-0.2, -0.15) is 0 Å². The van der Waals surface area contributed by atoms with Gasteiger partial charge >= 0.3 is 5.97 Å². The SMILES string of the molecule is CCCCCCCCC(CCCCCCCC)CC(=O)OCCCCCN(CCO)C1CCC1. The van der Waals surface area contributed by atoms with Gasteiger partial charge in [0.25, 0.3) is 0 Å². The molecule has 1 rings (SSSR count). The number of ether oxygens (including phenoxy) is 1. The van der Waals surface area contributed by atoms with Crippen molar-refractivity contribution in [3.8, 4) is 0 Å². The molecule has 1 aliphatic rings. The van der Waals surface area contributed by atoms with Gasteiger partial charge in [0.1, 0.15) is 0 Å². The molecule has 0 radical (unpaired) electrons. The second kappa shape index (κ2) is 22.8. The van der Waals surface area contributed by atoms with Crippen LogP contribution in [0.4, 0.5) is 0 Å². The van der Waals surface area contributed by atoms with Crippen molar-refractivity contribution in [2.45, 2.75) is 155 Å². The zero-order chi connectivity index (χ0) is 24.7. The Morgan fingerprint density at radius 1 is 0.794 bits per heavy atom. The van der Waals surface area contributed by atoms with Gasteiger partial charge in [0.15, 0.2) is 0 Å². The zero-order valence-corrected chi connectivity index (χ0v) is 23.0. The van der Waals surface area contributed by atoms with Gasteiger partial charge in [-0.3, -0.25) is 9.69 Å². The fourth-order valence-electron chi connectivity index (χ4n) is 5.21. The smallest absolute Gasteiger partial charge is 0.306 e. The third-order valence-corrected chi connectivity index (χ3v) is 7.72. The van der Waals surface area contributed by atoms with Crippen molar-refractivity contribution < 1.29 is 14.6 Å². The van der Waals surface area contributed by atoms with Crippen molar-refractivity contribution in [2.24, 2.45) is 5.92 Å². The fourth-order valence-corrected chi connectivity index (χ4v) is 5.21. The maximum atomic E-state index is 12.5. The van der Waals surface area contributed by atoms with Crippen LogP contribution in [-0.2, 0) is 9.53 Å². The van der Waals surface area contributed by atoms with E-state index in [-0.39, 0.29) is 12.6 Å². The van der Waals surface area contributed by atoms with Crippen LogP contribution in [-0.4, -0.2) is 48.3 Å². The van der Waals surface area contributed by atoms with Crippen LogP contribution < -0.4 is 0 Å². The van der Waals surface area contributed by atoms with Crippen LogP contribution in [0.15, 0.2) is 0 Å². The van der Waals surface area contributed by atoms with Crippen molar-refractivity contribution in [3.63, 3.8) is 0 Å². The Morgan fingerprint density at radius 3 is 1.88 bits per heavy atom. The summed E-state index contributed by atoms with van der Waals surface area (Å²) in [4.78, 5) is 15.0. The monoisotopic (exact) mass is 481 g/mol. The highest BCUT2D eigenvalue weighted by Gasteiger charge is 2.23. The molecule has 0 spiro atoms. The number of hydrogen-bond donors (Lipinski definition) is 1. The molecule has 202 valence electrons. The summed E-state index contributed by atoms with van der Waals surface area (Å²) in [6, 6.07) is 0.695. The number of unbranched alkanes of at least 4 members (excludes halogenated alkanes) is 12. The van der Waals surface area contributed by atoms with Crippen LogP contribution in [0.3, 0.4) is 0 Å². The summed E-state index contributed by atoms with van der Waals surface area (Å²) >= 11 is 0. The number of aliphatic hydroxyl groups excluding tert-OH is 1. The summed E-state index contributed by atoms with van der Waals surface area (Å²) in [6.07, 6.45) is 26.0. The van der Waals surface area contributed by atoms with E-state index in [9.17, 15) is 9.90 Å². The third kappa shape index (κ3) is 16.9. The molecule has 0 amide bonds. The number of carbonyl (C=O) groups excluding carboxylic acids is 1. The van der Waals surface area contributed by atoms with E-state index >= 15 is 0 Å². The molecule has 0 aromatic rings. The maximum Gasteiger partial charge on any atom is 0.306 e. The molecule has 4 nitrogen and oxygen atoms in total. The van der Waals surface area contributed by atoms with E-state index in [1.54, 1.807) is 0 Å². The molecule has 0 aromatic carbocycles. The normalized spacial score (nSPS) is 14.1. The summed E-state index contributed by atoms with van der Waals surface area (Å²) < 4.78 is 5.63. The standard InChI is InChI=1S/C30H59NO3/c1-3-5-7-9-11-14-19-28(20-15-12-10-8-6-4-2)27-30(33)34-26-17-13-16-23-31(24-25-32)29-21-18-22-29/h28-29,32H,3-27H2,1-2H3. The molecular formula is C30H59NO3. The molecule has 34 heavy (non-hydrogen) atoms. The molecule has 1 aliphatic carbocycles. The lowest BCUT2D eigenvalue weighted by Gasteiger charge is -2.37. The van der Waals surface area contributed by atoms with Gasteiger partial charge in [-0.05, 0) is 57.4 Å². The van der Waals surface area contributed by atoms with Crippen LogP contribution in [0.1, 0.15) is 149 Å². The molecule has 0 atom stereocenters. The van der Waals surface area contributed by atoms with Gasteiger partial charge in [-0.25, -0.2) is 0 Å². The molecule has 0 bridgehead atoms. The number of hydrogen-bond acceptors (Lipinski definition) is 4. The molecule has 0 heterocycles. The summed E-state index contributed by atoms with van der Waals surface area (Å²) in [5.41, 5.74) is 0. The van der Waals surface area contributed by atoms with E-state index in [0.29, 0.717) is 25.0 Å². The topological polar surface area (TPSA) is 49.8 Å². The second-order valence-corrected chi connectivity index (χ2v) is 10.8. The Morgan fingerprint density at radius 2 is 1.35 bits per heavy atom. The van der Waals surface area contributed by atoms with Crippen molar-refractivity contribution in [1.29, 1.82) is 0 Å². The first kappa shape index (κ1) is 31.4. The third-order valence-electron chi connectivity index (χ3n) is 7.72. The van der Waals surface area contributed by atoms with E-state index in [0.717, 1.165) is 32.4 Å². The van der Waals surface area contributed by atoms with E-state index < -0.39 is 0 Å². The highest BCUT2D eigenvalue weighted by molar-refractivity contribution is 5.69. The minimum Gasteiger partial charge on any atom is -0.466 e. The summed E-state index contributed by atoms with van der Waals surface area (Å²) in [5.74, 6) is 0.540. The van der Waals surface area contributed by atoms with E-state index in [4.69, 9.17) is 4.74 Å². The highest BCUT2D eigenvalue weighted by Crippen LogP contribution is 2.25. The van der Waals surface area contributed by atoms with Crippen LogP contribution in [0.5, 0.6) is 0 Å². The lowest BCUT2D eigenvalue weighted by atomic mass is 9.91. The van der Waals surface area contributed by atoms with Crippen LogP contribution >= 0.6 is 0 Å². The van der Waals surface area contributed by atoms with Gasteiger partial charge in [-0.1, -0.05) is 97.3 Å². The minimum absolute atomic E-state index is 0.0262. The number of rotatable bonds is 25. The quantitative estimate of drug-likeness (QED) is 0.106. The predicted octanol–water partition coefficient (Wildman–Crippen LogP) is 8.05. The lowest BCUT2D eigenvalue weighted by molar-refractivity contribution is -0.145. The second-order valence-electron chi connectivity index (χ2n) is 10.8. The van der Waals surface area contributed by atoms with Gasteiger partial charge in [0.2, 0.25) is 0 Å². The largest absolute Gasteiger partial charge is 0.466 e. The molecule has 0 aromatic heterocycles. The van der Waals surface area contributed by atoms with Gasteiger partial charge in [0, 0.05) is 19.0 Å². The summed E-state index contributed by atoms with van der Waals surface area (Å²) in [6.45, 7) is 7.23. The Balaban J connectivity index is 2.18. The van der Waals surface area contributed by atoms with Gasteiger partial charge < -0.3 is 9.84 Å². The average molecular weight is 482 g/mol. The Kier molecular flexibility index (Phi) is 21.1. The fraction of sp³-hybridized carbons (Fsp3) is 0.967. The molecule has 0 unspecified atom stereocenters. The Labute approximate surface area is 212 Å². The van der Waals surface area contributed by atoms with Crippen LogP contribution in [0.25, 0.3) is 0 Å². The molecule has 1 N–H and O–H groups in total. The Hall–Kier alpha value is -0.610. The van der Waals surface area contributed by atoms with E-state index in [2.05, 4.69) is 18.7 Å². The number of carbonyl (C=O) groups is 1. The van der Waals surface area contributed by atoms with E-state index in [1.165, 1.54) is 109 Å². The van der Waals surface area contributed by atoms with Crippen molar-refractivity contribution in [1.82, 2.24) is 4.90 Å². The maximum absolute atomic E-state index is 12.5. The van der Waals surface area contributed by atoms with Crippen LogP contribution in [0, 0.1) is 5.92 Å².